The number of fused-ring (bicyclic) bond motifs is 1. The lowest BCUT2D eigenvalue weighted by Gasteiger charge is -2.32. The number of piperidine rings is 1. The SMILES string of the molecule is CCOc1cc(CN2CCC(Nc3nc4cc(O)ccc4o3)CC2)cc(OCC)c1Cl. The normalized spacial score (nSPS) is 15.3. The zero-order chi connectivity index (χ0) is 21.8. The molecular weight excluding hydrogens is 418 g/mol. The van der Waals surface area contributed by atoms with Crippen LogP contribution in [0.1, 0.15) is 32.3 Å². The monoisotopic (exact) mass is 445 g/mol. The number of likely N-dealkylation sites (tertiary alicyclic amines) is 1. The van der Waals surface area contributed by atoms with E-state index >= 15 is 0 Å². The van der Waals surface area contributed by atoms with Crippen molar-refractivity contribution < 1.29 is 19.0 Å². The zero-order valence-electron chi connectivity index (χ0n) is 17.9. The Kier molecular flexibility index (Phi) is 6.73. The first-order valence-electron chi connectivity index (χ1n) is 10.7. The first-order valence-corrected chi connectivity index (χ1v) is 11.1. The molecule has 0 unspecified atom stereocenters. The third-order valence-electron chi connectivity index (χ3n) is 5.36. The molecule has 0 bridgehead atoms. The molecule has 0 amide bonds. The number of hydrogen-bond donors (Lipinski definition) is 2. The van der Waals surface area contributed by atoms with Crippen molar-refractivity contribution in [3.05, 3.63) is 40.9 Å². The van der Waals surface area contributed by atoms with Crippen molar-refractivity contribution in [1.82, 2.24) is 9.88 Å². The molecule has 31 heavy (non-hydrogen) atoms. The summed E-state index contributed by atoms with van der Waals surface area (Å²) in [5, 5.41) is 13.5. The van der Waals surface area contributed by atoms with E-state index in [2.05, 4.69) is 15.2 Å². The van der Waals surface area contributed by atoms with Crippen molar-refractivity contribution in [3.8, 4) is 17.2 Å². The van der Waals surface area contributed by atoms with Gasteiger partial charge in [0.25, 0.3) is 6.01 Å². The van der Waals surface area contributed by atoms with Gasteiger partial charge in [-0.2, -0.15) is 4.98 Å². The maximum atomic E-state index is 9.59. The molecule has 1 aliphatic heterocycles. The molecule has 8 heteroatoms. The zero-order valence-corrected chi connectivity index (χ0v) is 18.6. The number of ether oxygens (including phenoxy) is 2. The second-order valence-corrected chi connectivity index (χ2v) is 8.02. The second-order valence-electron chi connectivity index (χ2n) is 7.64. The first kappa shape index (κ1) is 21.6. The molecule has 1 aromatic heterocycles. The number of anilines is 1. The molecule has 166 valence electrons. The lowest BCUT2D eigenvalue weighted by molar-refractivity contribution is 0.209. The van der Waals surface area contributed by atoms with Gasteiger partial charge in [0.15, 0.2) is 5.58 Å². The van der Waals surface area contributed by atoms with Crippen molar-refractivity contribution >= 4 is 28.7 Å². The summed E-state index contributed by atoms with van der Waals surface area (Å²) in [6.07, 6.45) is 1.96. The fourth-order valence-electron chi connectivity index (χ4n) is 3.88. The quantitative estimate of drug-likeness (QED) is 0.501. The number of benzene rings is 2. The van der Waals surface area contributed by atoms with Gasteiger partial charge in [0.2, 0.25) is 0 Å². The Hall–Kier alpha value is -2.64. The Labute approximate surface area is 186 Å². The van der Waals surface area contributed by atoms with Crippen LogP contribution >= 0.6 is 11.6 Å². The van der Waals surface area contributed by atoms with Crippen molar-refractivity contribution in [3.63, 3.8) is 0 Å². The maximum Gasteiger partial charge on any atom is 0.295 e. The minimum atomic E-state index is 0.183. The van der Waals surface area contributed by atoms with Gasteiger partial charge in [0, 0.05) is 31.7 Å². The summed E-state index contributed by atoms with van der Waals surface area (Å²) in [6.45, 7) is 7.72. The molecule has 2 N–H and O–H groups in total. The van der Waals surface area contributed by atoms with Gasteiger partial charge in [-0.15, -0.1) is 0 Å². The van der Waals surface area contributed by atoms with Gasteiger partial charge in [0.05, 0.1) is 13.2 Å². The Bertz CT molecular complexity index is 1000. The number of phenolic OH excluding ortho intramolecular Hbond substituents is 1. The van der Waals surface area contributed by atoms with E-state index in [0.717, 1.165) is 38.0 Å². The number of hydrogen-bond acceptors (Lipinski definition) is 7. The summed E-state index contributed by atoms with van der Waals surface area (Å²) in [7, 11) is 0. The third-order valence-corrected chi connectivity index (χ3v) is 5.73. The summed E-state index contributed by atoms with van der Waals surface area (Å²) in [6, 6.07) is 9.73. The standard InChI is InChI=1S/C23H28ClN3O4/c1-3-29-20-11-15(12-21(22(20)24)30-4-2)14-27-9-7-16(8-10-27)25-23-26-18-13-17(28)5-6-19(18)31-23/h5-6,11-13,16,28H,3-4,7-10,14H2,1-2H3,(H,25,26). The fourth-order valence-corrected chi connectivity index (χ4v) is 4.10. The lowest BCUT2D eigenvalue weighted by Crippen LogP contribution is -2.38. The predicted octanol–water partition coefficient (Wildman–Crippen LogP) is 5.06. The van der Waals surface area contributed by atoms with Gasteiger partial charge in [-0.1, -0.05) is 11.6 Å². The fraction of sp³-hybridized carbons (Fsp3) is 0.435. The first-order chi connectivity index (χ1) is 15.1. The van der Waals surface area contributed by atoms with Crippen molar-refractivity contribution in [2.24, 2.45) is 0 Å². The van der Waals surface area contributed by atoms with Gasteiger partial charge in [-0.3, -0.25) is 4.90 Å². The van der Waals surface area contributed by atoms with Crippen LogP contribution in [0, 0.1) is 0 Å². The predicted molar refractivity (Wildman–Crippen MR) is 121 cm³/mol. The number of nitrogens with one attached hydrogen (secondary N) is 1. The largest absolute Gasteiger partial charge is 0.508 e. The van der Waals surface area contributed by atoms with Crippen LogP contribution in [0.25, 0.3) is 11.1 Å². The highest BCUT2D eigenvalue weighted by atomic mass is 35.5. The van der Waals surface area contributed by atoms with Crippen LogP contribution in [0.4, 0.5) is 6.01 Å². The molecule has 1 saturated heterocycles. The molecular formula is C23H28ClN3O4. The van der Waals surface area contributed by atoms with Crippen LogP contribution in [0.5, 0.6) is 17.2 Å². The number of phenols is 1. The average molecular weight is 446 g/mol. The Morgan fingerprint density at radius 2 is 1.81 bits per heavy atom. The average Bonchev–Trinajstić information content (AvgIpc) is 3.14. The van der Waals surface area contributed by atoms with Crippen LogP contribution in [0.3, 0.4) is 0 Å². The van der Waals surface area contributed by atoms with Gasteiger partial charge < -0.3 is 24.3 Å². The highest BCUT2D eigenvalue weighted by molar-refractivity contribution is 6.33. The summed E-state index contributed by atoms with van der Waals surface area (Å²) in [4.78, 5) is 6.84. The van der Waals surface area contributed by atoms with E-state index in [9.17, 15) is 5.11 Å². The second kappa shape index (κ2) is 9.66. The number of aromatic nitrogens is 1. The summed E-state index contributed by atoms with van der Waals surface area (Å²) in [5.41, 5.74) is 2.44. The summed E-state index contributed by atoms with van der Waals surface area (Å²) in [5.74, 6) is 1.52. The molecule has 0 aliphatic carbocycles. The van der Waals surface area contributed by atoms with Crippen LogP contribution in [0.15, 0.2) is 34.7 Å². The molecule has 1 fully saturated rings. The van der Waals surface area contributed by atoms with Crippen LogP contribution in [-0.2, 0) is 6.54 Å². The minimum Gasteiger partial charge on any atom is -0.508 e. The van der Waals surface area contributed by atoms with E-state index in [1.807, 2.05) is 26.0 Å². The number of halogens is 1. The van der Waals surface area contributed by atoms with E-state index in [1.54, 1.807) is 18.2 Å². The maximum absolute atomic E-state index is 9.59. The topological polar surface area (TPSA) is 80.0 Å². The van der Waals surface area contributed by atoms with Crippen LogP contribution in [-0.4, -0.2) is 47.3 Å². The molecule has 1 aliphatic rings. The third kappa shape index (κ3) is 5.17. The smallest absolute Gasteiger partial charge is 0.295 e. The highest BCUT2D eigenvalue weighted by Crippen LogP contribution is 2.36. The minimum absolute atomic E-state index is 0.183. The van der Waals surface area contributed by atoms with Crippen molar-refractivity contribution in [1.29, 1.82) is 0 Å². The van der Waals surface area contributed by atoms with E-state index in [0.29, 0.717) is 52.9 Å². The van der Waals surface area contributed by atoms with Crippen molar-refractivity contribution in [2.75, 3.05) is 31.6 Å². The van der Waals surface area contributed by atoms with E-state index in [1.165, 1.54) is 0 Å². The molecule has 0 atom stereocenters. The Morgan fingerprint density at radius 1 is 1.13 bits per heavy atom. The highest BCUT2D eigenvalue weighted by Gasteiger charge is 2.22. The Morgan fingerprint density at radius 3 is 2.45 bits per heavy atom. The molecule has 2 heterocycles. The van der Waals surface area contributed by atoms with Crippen LogP contribution in [0.2, 0.25) is 5.02 Å². The number of nitrogens with zero attached hydrogens (tertiary/aromatic N) is 2. The summed E-state index contributed by atoms with van der Waals surface area (Å²) >= 11 is 6.41. The lowest BCUT2D eigenvalue weighted by atomic mass is 10.0. The van der Waals surface area contributed by atoms with Gasteiger partial charge >= 0.3 is 0 Å². The summed E-state index contributed by atoms with van der Waals surface area (Å²) < 4.78 is 17.1. The van der Waals surface area contributed by atoms with Crippen LogP contribution < -0.4 is 14.8 Å². The number of rotatable bonds is 8. The van der Waals surface area contributed by atoms with E-state index in [4.69, 9.17) is 25.5 Å². The van der Waals surface area contributed by atoms with E-state index in [-0.39, 0.29) is 5.75 Å². The number of oxazole rings is 1. The van der Waals surface area contributed by atoms with Crippen molar-refractivity contribution in [2.45, 2.75) is 39.3 Å². The van der Waals surface area contributed by atoms with Gasteiger partial charge in [-0.25, -0.2) is 0 Å². The molecule has 2 aromatic carbocycles. The molecule has 0 spiro atoms. The molecule has 0 saturated carbocycles. The molecule has 3 aromatic rings. The Balaban J connectivity index is 1.36. The molecule has 7 nitrogen and oxygen atoms in total. The molecule has 4 rings (SSSR count). The molecule has 0 radical (unpaired) electrons. The number of aromatic hydroxyl groups is 1. The van der Waals surface area contributed by atoms with E-state index < -0.39 is 0 Å². The van der Waals surface area contributed by atoms with Gasteiger partial charge in [0.1, 0.15) is 27.8 Å². The van der Waals surface area contributed by atoms with Gasteiger partial charge in [-0.05, 0) is 56.5 Å².